The normalized spacial score (nSPS) is 14.4. The molecule has 0 aliphatic carbocycles. The van der Waals surface area contributed by atoms with Gasteiger partial charge in [0.25, 0.3) is 5.91 Å². The third-order valence-electron chi connectivity index (χ3n) is 3.72. The fourth-order valence-corrected chi connectivity index (χ4v) is 2.71. The summed E-state index contributed by atoms with van der Waals surface area (Å²) >= 11 is 0. The Labute approximate surface area is 134 Å². The van der Waals surface area contributed by atoms with Gasteiger partial charge in [0.1, 0.15) is 0 Å². The van der Waals surface area contributed by atoms with E-state index in [1.807, 2.05) is 42.5 Å². The van der Waals surface area contributed by atoms with Crippen molar-refractivity contribution in [2.45, 2.75) is 13.0 Å². The number of anilines is 2. The lowest BCUT2D eigenvalue weighted by Crippen LogP contribution is -2.42. The lowest BCUT2D eigenvalue weighted by molar-refractivity contribution is -0.153. The summed E-state index contributed by atoms with van der Waals surface area (Å²) in [6.45, 7) is 2.50. The highest BCUT2D eigenvalue weighted by atomic mass is 16.5. The summed E-state index contributed by atoms with van der Waals surface area (Å²) in [5.74, 6) is -0.712. The lowest BCUT2D eigenvalue weighted by atomic mass is 10.1. The van der Waals surface area contributed by atoms with Crippen molar-refractivity contribution in [1.29, 1.82) is 0 Å². The zero-order valence-electron chi connectivity index (χ0n) is 12.9. The van der Waals surface area contributed by atoms with E-state index in [0.29, 0.717) is 18.7 Å². The van der Waals surface area contributed by atoms with E-state index < -0.39 is 12.1 Å². The molecule has 0 fully saturated rings. The zero-order valence-corrected chi connectivity index (χ0v) is 12.9. The van der Waals surface area contributed by atoms with E-state index in [4.69, 9.17) is 4.74 Å². The second kappa shape index (κ2) is 6.52. The van der Waals surface area contributed by atoms with Crippen molar-refractivity contribution >= 4 is 23.3 Å². The van der Waals surface area contributed by atoms with Crippen LogP contribution in [0.25, 0.3) is 0 Å². The third-order valence-corrected chi connectivity index (χ3v) is 3.72. The number of hydrogen-bond acceptors (Lipinski definition) is 4. The van der Waals surface area contributed by atoms with Gasteiger partial charge in [-0.25, -0.2) is 0 Å². The Balaban J connectivity index is 1.94. The Morgan fingerprint density at radius 2 is 1.78 bits per heavy atom. The molecule has 118 valence electrons. The lowest BCUT2D eigenvalue weighted by Gasteiger charge is -2.32. The summed E-state index contributed by atoms with van der Waals surface area (Å²) in [5, 5.41) is 3.27. The number of benzene rings is 2. The first-order chi connectivity index (χ1) is 11.2. The number of ether oxygens (including phenoxy) is 1. The molecule has 23 heavy (non-hydrogen) atoms. The van der Waals surface area contributed by atoms with E-state index in [9.17, 15) is 9.59 Å². The Hall–Kier alpha value is -2.82. The average molecular weight is 310 g/mol. The molecule has 0 radical (unpaired) electrons. The molecule has 1 heterocycles. The molecule has 2 aromatic rings. The average Bonchev–Trinajstić information content (AvgIpc) is 2.59. The molecule has 0 saturated heterocycles. The number of rotatable bonds is 3. The first-order valence-electron chi connectivity index (χ1n) is 7.53. The van der Waals surface area contributed by atoms with Crippen molar-refractivity contribution in [3.63, 3.8) is 0 Å². The van der Waals surface area contributed by atoms with Gasteiger partial charge in [0.05, 0.1) is 11.4 Å². The molecule has 1 unspecified atom stereocenters. The Bertz CT molecular complexity index is 715. The van der Waals surface area contributed by atoms with Crippen LogP contribution in [0.1, 0.15) is 18.6 Å². The van der Waals surface area contributed by atoms with Crippen LogP contribution in [0.5, 0.6) is 0 Å². The van der Waals surface area contributed by atoms with Crippen LogP contribution >= 0.6 is 0 Å². The SMILES string of the molecule is CC(=O)OC(C(=O)N1CCNc2ccccc21)c1ccccc1. The van der Waals surface area contributed by atoms with E-state index in [0.717, 1.165) is 11.4 Å². The van der Waals surface area contributed by atoms with Crippen LogP contribution < -0.4 is 10.2 Å². The van der Waals surface area contributed by atoms with Crippen LogP contribution in [-0.4, -0.2) is 25.0 Å². The Morgan fingerprint density at radius 1 is 1.09 bits per heavy atom. The number of nitrogens with zero attached hydrogens (tertiary/aromatic N) is 1. The smallest absolute Gasteiger partial charge is 0.303 e. The molecule has 5 nitrogen and oxygen atoms in total. The molecule has 2 aromatic carbocycles. The van der Waals surface area contributed by atoms with E-state index >= 15 is 0 Å². The molecule has 1 aliphatic rings. The maximum atomic E-state index is 13.0. The van der Waals surface area contributed by atoms with Crippen molar-refractivity contribution in [1.82, 2.24) is 0 Å². The molecule has 1 aliphatic heterocycles. The molecule has 1 amide bonds. The second-order valence-corrected chi connectivity index (χ2v) is 5.33. The highest BCUT2D eigenvalue weighted by molar-refractivity contribution is 6.01. The van der Waals surface area contributed by atoms with E-state index in [1.54, 1.807) is 17.0 Å². The summed E-state index contributed by atoms with van der Waals surface area (Å²) in [6, 6.07) is 16.7. The Kier molecular flexibility index (Phi) is 4.28. The third kappa shape index (κ3) is 3.18. The summed E-state index contributed by atoms with van der Waals surface area (Å²) < 4.78 is 5.32. The predicted molar refractivity (Wildman–Crippen MR) is 88.2 cm³/mol. The van der Waals surface area contributed by atoms with Gasteiger partial charge in [0, 0.05) is 25.6 Å². The Morgan fingerprint density at radius 3 is 2.52 bits per heavy atom. The number of amides is 1. The van der Waals surface area contributed by atoms with Crippen LogP contribution in [0.2, 0.25) is 0 Å². The van der Waals surface area contributed by atoms with Crippen molar-refractivity contribution in [2.75, 3.05) is 23.3 Å². The summed E-state index contributed by atoms with van der Waals surface area (Å²) in [7, 11) is 0. The molecule has 0 aromatic heterocycles. The molecule has 0 saturated carbocycles. The monoisotopic (exact) mass is 310 g/mol. The van der Waals surface area contributed by atoms with E-state index in [2.05, 4.69) is 5.32 Å². The van der Waals surface area contributed by atoms with Crippen molar-refractivity contribution in [3.8, 4) is 0 Å². The van der Waals surface area contributed by atoms with Crippen LogP contribution in [0, 0.1) is 0 Å². The number of para-hydroxylation sites is 2. The quantitative estimate of drug-likeness (QED) is 0.886. The largest absolute Gasteiger partial charge is 0.447 e. The number of carbonyl (C=O) groups excluding carboxylic acids is 2. The van der Waals surface area contributed by atoms with Crippen LogP contribution in [0.3, 0.4) is 0 Å². The predicted octanol–water partition coefficient (Wildman–Crippen LogP) is 2.75. The van der Waals surface area contributed by atoms with Gasteiger partial charge in [-0.2, -0.15) is 0 Å². The minimum Gasteiger partial charge on any atom is -0.447 e. The molecular weight excluding hydrogens is 292 g/mol. The first-order valence-corrected chi connectivity index (χ1v) is 7.53. The molecule has 1 N–H and O–H groups in total. The maximum absolute atomic E-state index is 13.0. The van der Waals surface area contributed by atoms with Crippen LogP contribution in [0.4, 0.5) is 11.4 Å². The van der Waals surface area contributed by atoms with Gasteiger partial charge in [-0.1, -0.05) is 42.5 Å². The summed E-state index contributed by atoms with van der Waals surface area (Å²) in [4.78, 5) is 26.1. The van der Waals surface area contributed by atoms with Gasteiger partial charge >= 0.3 is 5.97 Å². The number of esters is 1. The molecule has 5 heteroatoms. The molecule has 1 atom stereocenters. The minimum atomic E-state index is -0.931. The number of hydrogen-bond donors (Lipinski definition) is 1. The maximum Gasteiger partial charge on any atom is 0.303 e. The van der Waals surface area contributed by atoms with Crippen molar-refractivity contribution in [2.24, 2.45) is 0 Å². The standard InChI is InChI=1S/C18H18N2O3/c1-13(21)23-17(14-7-3-2-4-8-14)18(22)20-12-11-19-15-9-5-6-10-16(15)20/h2-10,17,19H,11-12H2,1H3. The fraction of sp³-hybridized carbons (Fsp3) is 0.222. The van der Waals surface area contributed by atoms with Gasteiger partial charge in [0.2, 0.25) is 6.10 Å². The summed E-state index contributed by atoms with van der Waals surface area (Å²) in [6.07, 6.45) is -0.931. The topological polar surface area (TPSA) is 58.6 Å². The first kappa shape index (κ1) is 15.1. The minimum absolute atomic E-state index is 0.236. The second-order valence-electron chi connectivity index (χ2n) is 5.33. The molecule has 0 bridgehead atoms. The number of carbonyl (C=O) groups is 2. The van der Waals surface area contributed by atoms with Crippen LogP contribution in [-0.2, 0) is 14.3 Å². The van der Waals surface area contributed by atoms with Gasteiger partial charge in [-0.05, 0) is 12.1 Å². The highest BCUT2D eigenvalue weighted by Gasteiger charge is 2.31. The van der Waals surface area contributed by atoms with Gasteiger partial charge in [-0.3, -0.25) is 9.59 Å². The summed E-state index contributed by atoms with van der Waals surface area (Å²) in [5.41, 5.74) is 2.38. The fourth-order valence-electron chi connectivity index (χ4n) is 2.71. The number of fused-ring (bicyclic) bond motifs is 1. The molecular formula is C18H18N2O3. The van der Waals surface area contributed by atoms with Gasteiger partial charge < -0.3 is 15.0 Å². The van der Waals surface area contributed by atoms with Gasteiger partial charge in [0.15, 0.2) is 0 Å². The number of nitrogens with one attached hydrogen (secondary N) is 1. The molecule has 3 rings (SSSR count). The highest BCUT2D eigenvalue weighted by Crippen LogP contribution is 2.31. The van der Waals surface area contributed by atoms with Crippen molar-refractivity contribution in [3.05, 3.63) is 60.2 Å². The zero-order chi connectivity index (χ0) is 16.2. The molecule has 0 spiro atoms. The van der Waals surface area contributed by atoms with E-state index in [1.165, 1.54) is 6.92 Å². The van der Waals surface area contributed by atoms with E-state index in [-0.39, 0.29) is 5.91 Å². The van der Waals surface area contributed by atoms with Crippen LogP contribution in [0.15, 0.2) is 54.6 Å². The van der Waals surface area contributed by atoms with Gasteiger partial charge in [-0.15, -0.1) is 0 Å². The van der Waals surface area contributed by atoms with Crippen molar-refractivity contribution < 1.29 is 14.3 Å².